The van der Waals surface area contributed by atoms with Gasteiger partial charge >= 0.3 is 0 Å². The first-order valence-corrected chi connectivity index (χ1v) is 5.89. The maximum Gasteiger partial charge on any atom is 0.105 e. The lowest BCUT2D eigenvalue weighted by molar-refractivity contribution is 0.543. The molecule has 2 rings (SSSR count). The third kappa shape index (κ3) is 1.84. The van der Waals surface area contributed by atoms with Gasteiger partial charge in [0.2, 0.25) is 0 Å². The van der Waals surface area contributed by atoms with E-state index in [0.29, 0.717) is 6.54 Å². The lowest BCUT2D eigenvalue weighted by atomic mass is 10.2. The molecule has 0 radical (unpaired) electrons. The number of nitrogens with one attached hydrogen (secondary N) is 1. The Morgan fingerprint density at radius 3 is 2.87 bits per heavy atom. The molecular formula is C11H16BrN3. The Morgan fingerprint density at radius 2 is 2.20 bits per heavy atom. The number of nitrogens with zero attached hydrogens (tertiary/aromatic N) is 1. The van der Waals surface area contributed by atoms with Crippen LogP contribution >= 0.6 is 15.9 Å². The fraction of sp³-hybridized carbons (Fsp3) is 0.455. The van der Waals surface area contributed by atoms with E-state index < -0.39 is 0 Å². The van der Waals surface area contributed by atoms with Crippen LogP contribution in [-0.2, 0) is 0 Å². The number of hydrogen-bond donors (Lipinski definition) is 2. The molecule has 82 valence electrons. The van der Waals surface area contributed by atoms with Crippen molar-refractivity contribution in [3.05, 3.63) is 22.7 Å². The molecule has 0 fully saturated rings. The van der Waals surface area contributed by atoms with Gasteiger partial charge in [0.15, 0.2) is 0 Å². The van der Waals surface area contributed by atoms with Gasteiger partial charge in [0.05, 0.1) is 11.4 Å². The van der Waals surface area contributed by atoms with Gasteiger partial charge in [0, 0.05) is 17.6 Å². The van der Waals surface area contributed by atoms with E-state index in [1.807, 2.05) is 6.07 Å². The molecular weight excluding hydrogens is 254 g/mol. The first-order chi connectivity index (χ1) is 7.04. The average Bonchev–Trinajstić information content (AvgIpc) is 2.39. The van der Waals surface area contributed by atoms with Gasteiger partial charge in [-0.3, -0.25) is 0 Å². The van der Waals surface area contributed by atoms with Crippen molar-refractivity contribution in [1.29, 1.82) is 0 Å². The van der Waals surface area contributed by atoms with Gasteiger partial charge in [-0.1, -0.05) is 15.9 Å². The third-order valence-electron chi connectivity index (χ3n) is 2.72. The maximum atomic E-state index is 5.64. The van der Waals surface area contributed by atoms with Crippen molar-refractivity contribution in [2.75, 3.05) is 23.3 Å². The van der Waals surface area contributed by atoms with E-state index >= 15 is 0 Å². The highest BCUT2D eigenvalue weighted by molar-refractivity contribution is 9.10. The van der Waals surface area contributed by atoms with Gasteiger partial charge in [-0.25, -0.2) is 0 Å². The summed E-state index contributed by atoms with van der Waals surface area (Å²) in [5, 5.41) is 3.49. The van der Waals surface area contributed by atoms with Gasteiger partial charge in [-0.05, 0) is 32.0 Å². The second-order valence-electron chi connectivity index (χ2n) is 4.29. The average molecular weight is 270 g/mol. The Kier molecular flexibility index (Phi) is 2.64. The van der Waals surface area contributed by atoms with E-state index in [4.69, 9.17) is 5.73 Å². The summed E-state index contributed by atoms with van der Waals surface area (Å²) < 4.78 is 1.10. The largest absolute Gasteiger partial charge is 0.361 e. The van der Waals surface area contributed by atoms with Crippen LogP contribution in [0.2, 0.25) is 0 Å². The van der Waals surface area contributed by atoms with E-state index in [1.165, 1.54) is 11.4 Å². The normalized spacial score (nSPS) is 17.5. The highest BCUT2D eigenvalue weighted by Gasteiger charge is 2.34. The molecule has 0 spiro atoms. The SMILES string of the molecule is CC1(C)Nc2ccc(Br)cc2N1CCN. The Morgan fingerprint density at radius 1 is 1.47 bits per heavy atom. The van der Waals surface area contributed by atoms with Crippen LogP contribution in [0.1, 0.15) is 13.8 Å². The van der Waals surface area contributed by atoms with Crippen LogP contribution in [-0.4, -0.2) is 18.8 Å². The van der Waals surface area contributed by atoms with Crippen molar-refractivity contribution in [3.63, 3.8) is 0 Å². The number of halogens is 1. The van der Waals surface area contributed by atoms with Crippen LogP contribution in [0, 0.1) is 0 Å². The highest BCUT2D eigenvalue weighted by Crippen LogP contribution is 2.40. The van der Waals surface area contributed by atoms with Crippen LogP contribution in [0.3, 0.4) is 0 Å². The Labute approximate surface area is 98.8 Å². The van der Waals surface area contributed by atoms with E-state index in [0.717, 1.165) is 11.0 Å². The first kappa shape index (κ1) is 10.8. The molecule has 1 aliphatic rings. The minimum Gasteiger partial charge on any atom is -0.361 e. The minimum absolute atomic E-state index is 0.0531. The van der Waals surface area contributed by atoms with Crippen LogP contribution in [0.5, 0.6) is 0 Å². The van der Waals surface area contributed by atoms with Gasteiger partial charge in [-0.2, -0.15) is 0 Å². The minimum atomic E-state index is -0.0531. The number of nitrogens with two attached hydrogens (primary N) is 1. The number of hydrogen-bond acceptors (Lipinski definition) is 3. The Hall–Kier alpha value is -0.740. The zero-order chi connectivity index (χ0) is 11.1. The summed E-state index contributed by atoms with van der Waals surface area (Å²) in [4.78, 5) is 2.30. The fourth-order valence-electron chi connectivity index (χ4n) is 2.06. The molecule has 1 aromatic rings. The van der Waals surface area contributed by atoms with Gasteiger partial charge in [0.25, 0.3) is 0 Å². The Balaban J connectivity index is 2.42. The van der Waals surface area contributed by atoms with Crippen LogP contribution in [0.15, 0.2) is 22.7 Å². The fourth-order valence-corrected chi connectivity index (χ4v) is 2.41. The molecule has 1 aliphatic heterocycles. The standard InChI is InChI=1S/C11H16BrN3/c1-11(2)14-9-4-3-8(12)7-10(9)15(11)6-5-13/h3-4,7,14H,5-6,13H2,1-2H3. The molecule has 15 heavy (non-hydrogen) atoms. The quantitative estimate of drug-likeness (QED) is 0.867. The lowest BCUT2D eigenvalue weighted by Gasteiger charge is -2.33. The highest BCUT2D eigenvalue weighted by atomic mass is 79.9. The summed E-state index contributed by atoms with van der Waals surface area (Å²) in [6.45, 7) is 5.85. The number of anilines is 2. The van der Waals surface area contributed by atoms with Gasteiger partial charge in [0.1, 0.15) is 5.66 Å². The summed E-state index contributed by atoms with van der Waals surface area (Å²) in [5.41, 5.74) is 7.99. The molecule has 0 unspecified atom stereocenters. The van der Waals surface area contributed by atoms with E-state index in [9.17, 15) is 0 Å². The monoisotopic (exact) mass is 269 g/mol. The summed E-state index contributed by atoms with van der Waals surface area (Å²) in [6, 6.07) is 6.28. The number of rotatable bonds is 2. The van der Waals surface area contributed by atoms with E-state index in [2.05, 4.69) is 52.1 Å². The first-order valence-electron chi connectivity index (χ1n) is 5.10. The van der Waals surface area contributed by atoms with Crippen molar-refractivity contribution >= 4 is 27.3 Å². The topological polar surface area (TPSA) is 41.3 Å². The number of benzene rings is 1. The smallest absolute Gasteiger partial charge is 0.105 e. The summed E-state index contributed by atoms with van der Waals surface area (Å²) in [5.74, 6) is 0. The molecule has 0 saturated carbocycles. The molecule has 1 aromatic carbocycles. The molecule has 0 saturated heterocycles. The van der Waals surface area contributed by atoms with Crippen LogP contribution in [0.25, 0.3) is 0 Å². The molecule has 0 bridgehead atoms. The van der Waals surface area contributed by atoms with Crippen molar-refractivity contribution in [3.8, 4) is 0 Å². The summed E-state index contributed by atoms with van der Waals surface area (Å²) in [7, 11) is 0. The lowest BCUT2D eigenvalue weighted by Crippen LogP contribution is -2.47. The molecule has 4 heteroatoms. The van der Waals surface area contributed by atoms with E-state index in [1.54, 1.807) is 0 Å². The van der Waals surface area contributed by atoms with Crippen LogP contribution in [0.4, 0.5) is 11.4 Å². The molecule has 3 N–H and O–H groups in total. The predicted octanol–water partition coefficient (Wildman–Crippen LogP) is 2.38. The Bertz CT molecular complexity index is 376. The zero-order valence-electron chi connectivity index (χ0n) is 9.05. The molecule has 0 aliphatic carbocycles. The van der Waals surface area contributed by atoms with Gasteiger partial charge < -0.3 is 16.0 Å². The van der Waals surface area contributed by atoms with Gasteiger partial charge in [-0.15, -0.1) is 0 Å². The van der Waals surface area contributed by atoms with Crippen LogP contribution < -0.4 is 16.0 Å². The molecule has 1 heterocycles. The van der Waals surface area contributed by atoms with Crippen molar-refractivity contribution < 1.29 is 0 Å². The summed E-state index contributed by atoms with van der Waals surface area (Å²) >= 11 is 3.50. The molecule has 0 amide bonds. The maximum absolute atomic E-state index is 5.64. The van der Waals surface area contributed by atoms with Crippen molar-refractivity contribution in [2.24, 2.45) is 5.73 Å². The summed E-state index contributed by atoms with van der Waals surface area (Å²) in [6.07, 6.45) is 0. The molecule has 0 aromatic heterocycles. The van der Waals surface area contributed by atoms with E-state index in [-0.39, 0.29) is 5.66 Å². The predicted molar refractivity (Wildman–Crippen MR) is 68.2 cm³/mol. The second-order valence-corrected chi connectivity index (χ2v) is 5.20. The van der Waals surface area contributed by atoms with Crippen molar-refractivity contribution in [2.45, 2.75) is 19.5 Å². The van der Waals surface area contributed by atoms with Crippen molar-refractivity contribution in [1.82, 2.24) is 0 Å². The zero-order valence-corrected chi connectivity index (χ0v) is 10.6. The molecule has 3 nitrogen and oxygen atoms in total. The third-order valence-corrected chi connectivity index (χ3v) is 3.21. The number of fused-ring (bicyclic) bond motifs is 1. The molecule has 0 atom stereocenters. The second kappa shape index (κ2) is 3.68.